The Labute approximate surface area is 166 Å². The third kappa shape index (κ3) is 3.76. The lowest BCUT2D eigenvalue weighted by Crippen LogP contribution is -2.53. The largest absolute Gasteiger partial charge is 0.433 e. The molecular formula is C17H13F3N4O2S2. The summed E-state index contributed by atoms with van der Waals surface area (Å²) in [5, 5.41) is 6.31. The first-order chi connectivity index (χ1) is 13.1. The maximum absolute atomic E-state index is 12.9. The van der Waals surface area contributed by atoms with Gasteiger partial charge in [0.05, 0.1) is 4.88 Å². The number of thiophene rings is 1. The first-order valence-corrected chi connectivity index (χ1v) is 9.05. The first-order valence-electron chi connectivity index (χ1n) is 7.83. The molecule has 3 rings (SSSR count). The molecule has 0 spiro atoms. The summed E-state index contributed by atoms with van der Waals surface area (Å²) in [6, 6.07) is 4.13. The van der Waals surface area contributed by atoms with Gasteiger partial charge in [-0.25, -0.2) is 0 Å². The molecule has 0 saturated carbocycles. The van der Waals surface area contributed by atoms with Crippen LogP contribution in [-0.4, -0.2) is 38.2 Å². The molecule has 11 heteroatoms. The van der Waals surface area contributed by atoms with Crippen LogP contribution in [0.1, 0.15) is 10.6 Å². The van der Waals surface area contributed by atoms with Gasteiger partial charge in [0.25, 0.3) is 11.8 Å². The Bertz CT molecular complexity index is 1020. The number of halogens is 3. The quantitative estimate of drug-likeness (QED) is 0.353. The molecule has 0 unspecified atom stereocenters. The van der Waals surface area contributed by atoms with Crippen LogP contribution in [0.2, 0.25) is 0 Å². The van der Waals surface area contributed by atoms with E-state index in [0.29, 0.717) is 9.75 Å². The van der Waals surface area contributed by atoms with E-state index in [1.54, 1.807) is 12.1 Å². The Hall–Kier alpha value is -2.79. The number of hydrogen-bond acceptors (Lipinski definition) is 5. The molecule has 0 radical (unpaired) electrons. The van der Waals surface area contributed by atoms with Crippen molar-refractivity contribution in [3.63, 3.8) is 0 Å². The molecule has 1 fully saturated rings. The number of rotatable bonds is 4. The van der Waals surface area contributed by atoms with Crippen molar-refractivity contribution in [2.75, 3.05) is 6.54 Å². The highest BCUT2D eigenvalue weighted by atomic mass is 32.1. The highest BCUT2D eigenvalue weighted by molar-refractivity contribution is 7.80. The van der Waals surface area contributed by atoms with Crippen molar-refractivity contribution < 1.29 is 22.8 Å². The summed E-state index contributed by atoms with van der Waals surface area (Å²) in [5.41, 5.74) is -0.842. The molecule has 0 aliphatic carbocycles. The molecule has 2 aromatic rings. The van der Waals surface area contributed by atoms with Crippen LogP contribution in [0.15, 0.2) is 36.4 Å². The lowest BCUT2D eigenvalue weighted by atomic mass is 10.1. The fourth-order valence-electron chi connectivity index (χ4n) is 2.55. The smallest absolute Gasteiger partial charge is 0.298 e. The van der Waals surface area contributed by atoms with Crippen LogP contribution < -0.4 is 5.32 Å². The molecule has 3 heterocycles. The molecule has 0 bridgehead atoms. The molecule has 1 saturated heterocycles. The van der Waals surface area contributed by atoms with E-state index in [1.165, 1.54) is 24.1 Å². The van der Waals surface area contributed by atoms with E-state index in [4.69, 9.17) is 12.2 Å². The summed E-state index contributed by atoms with van der Waals surface area (Å²) >= 11 is 6.08. The van der Waals surface area contributed by atoms with Gasteiger partial charge in [-0.15, -0.1) is 17.9 Å². The SMILES string of the molecule is C=CCN1C(=O)/C(=C/c2ccc(-c3cc(C(F)(F)F)n(C)n3)s2)C(=O)NC1=S. The molecule has 1 N–H and O–H groups in total. The summed E-state index contributed by atoms with van der Waals surface area (Å²) in [7, 11) is 1.21. The molecule has 0 atom stereocenters. The number of thiocarbonyl (C=S) groups is 1. The zero-order valence-electron chi connectivity index (χ0n) is 14.4. The van der Waals surface area contributed by atoms with Gasteiger partial charge in [0.2, 0.25) is 0 Å². The van der Waals surface area contributed by atoms with E-state index < -0.39 is 23.7 Å². The van der Waals surface area contributed by atoms with Gasteiger partial charge in [-0.05, 0) is 36.5 Å². The molecule has 1 aliphatic heterocycles. The highest BCUT2D eigenvalue weighted by Crippen LogP contribution is 2.34. The minimum Gasteiger partial charge on any atom is -0.298 e. The standard InChI is InChI=1S/C17H13F3N4O2S2/c1-3-6-24-15(26)10(14(25)21-16(24)27)7-9-4-5-12(28-9)11-8-13(17(18,19)20)23(2)22-11/h3-5,7-8H,1,6H2,2H3,(H,21,25,27)/b10-7+. The average Bonchev–Trinajstić information content (AvgIpc) is 3.21. The lowest BCUT2D eigenvalue weighted by Gasteiger charge is -2.27. The fraction of sp³-hybridized carbons (Fsp3) is 0.176. The predicted molar refractivity (Wildman–Crippen MR) is 102 cm³/mol. The number of aryl methyl sites for hydroxylation is 1. The average molecular weight is 426 g/mol. The van der Waals surface area contributed by atoms with E-state index in [1.807, 2.05) is 0 Å². The minimum absolute atomic E-state index is 0.00733. The Morgan fingerprint density at radius 1 is 1.36 bits per heavy atom. The maximum Gasteiger partial charge on any atom is 0.433 e. The van der Waals surface area contributed by atoms with Crippen LogP contribution in [0.25, 0.3) is 16.6 Å². The third-order valence-corrected chi connectivity index (χ3v) is 5.21. The fourth-order valence-corrected chi connectivity index (χ4v) is 3.71. The monoisotopic (exact) mass is 426 g/mol. The van der Waals surface area contributed by atoms with Gasteiger partial charge in [-0.1, -0.05) is 6.08 Å². The molecule has 146 valence electrons. The second kappa shape index (κ2) is 7.32. The van der Waals surface area contributed by atoms with Crippen molar-refractivity contribution in [1.29, 1.82) is 0 Å². The van der Waals surface area contributed by atoms with Crippen molar-refractivity contribution in [3.05, 3.63) is 47.0 Å². The molecule has 28 heavy (non-hydrogen) atoms. The Morgan fingerprint density at radius 2 is 2.07 bits per heavy atom. The number of aromatic nitrogens is 2. The Kier molecular flexibility index (Phi) is 5.22. The number of nitrogens with one attached hydrogen (secondary N) is 1. The van der Waals surface area contributed by atoms with Gasteiger partial charge in [-0.2, -0.15) is 18.3 Å². The molecule has 0 aromatic carbocycles. The van der Waals surface area contributed by atoms with E-state index in [9.17, 15) is 22.8 Å². The van der Waals surface area contributed by atoms with Crippen molar-refractivity contribution in [2.24, 2.45) is 7.05 Å². The van der Waals surface area contributed by atoms with Gasteiger partial charge in [0.1, 0.15) is 17.0 Å². The molecule has 2 amide bonds. The maximum atomic E-state index is 12.9. The van der Waals surface area contributed by atoms with E-state index in [0.717, 1.165) is 22.1 Å². The van der Waals surface area contributed by atoms with Gasteiger partial charge < -0.3 is 0 Å². The molecule has 6 nitrogen and oxygen atoms in total. The lowest BCUT2D eigenvalue weighted by molar-refractivity contribution is -0.143. The van der Waals surface area contributed by atoms with E-state index in [-0.39, 0.29) is 22.9 Å². The van der Waals surface area contributed by atoms with Crippen molar-refractivity contribution in [3.8, 4) is 10.6 Å². The van der Waals surface area contributed by atoms with Crippen molar-refractivity contribution in [1.82, 2.24) is 20.0 Å². The second-order valence-electron chi connectivity index (χ2n) is 5.76. The Balaban J connectivity index is 1.92. The van der Waals surface area contributed by atoms with Crippen LogP contribution in [0.4, 0.5) is 13.2 Å². The van der Waals surface area contributed by atoms with Crippen LogP contribution in [0, 0.1) is 0 Å². The van der Waals surface area contributed by atoms with Crippen molar-refractivity contribution >= 4 is 46.6 Å². The number of carbonyl (C=O) groups is 2. The van der Waals surface area contributed by atoms with Crippen LogP contribution in [-0.2, 0) is 22.8 Å². The van der Waals surface area contributed by atoms with Crippen LogP contribution >= 0.6 is 23.6 Å². The zero-order valence-corrected chi connectivity index (χ0v) is 16.0. The molecule has 2 aromatic heterocycles. The van der Waals surface area contributed by atoms with Gasteiger partial charge in [0.15, 0.2) is 5.11 Å². The normalized spacial score (nSPS) is 16.6. The summed E-state index contributed by atoms with van der Waals surface area (Å²) in [6.45, 7) is 3.68. The number of alkyl halides is 3. The summed E-state index contributed by atoms with van der Waals surface area (Å²) in [5.74, 6) is -1.21. The van der Waals surface area contributed by atoms with Gasteiger partial charge in [0, 0.05) is 18.5 Å². The minimum atomic E-state index is -4.51. The van der Waals surface area contributed by atoms with E-state index in [2.05, 4.69) is 17.0 Å². The van der Waals surface area contributed by atoms with Gasteiger partial charge in [-0.3, -0.25) is 24.5 Å². The summed E-state index contributed by atoms with van der Waals surface area (Å²) in [4.78, 5) is 26.8. The van der Waals surface area contributed by atoms with Crippen LogP contribution in [0.3, 0.4) is 0 Å². The molecule has 1 aliphatic rings. The number of carbonyl (C=O) groups excluding carboxylic acids is 2. The van der Waals surface area contributed by atoms with E-state index >= 15 is 0 Å². The molecular weight excluding hydrogens is 413 g/mol. The summed E-state index contributed by atoms with van der Waals surface area (Å²) in [6.07, 6.45) is -1.67. The third-order valence-electron chi connectivity index (χ3n) is 3.83. The predicted octanol–water partition coefficient (Wildman–Crippen LogP) is 2.98. The van der Waals surface area contributed by atoms with Crippen LogP contribution in [0.5, 0.6) is 0 Å². The zero-order chi connectivity index (χ0) is 20.6. The van der Waals surface area contributed by atoms with Crippen molar-refractivity contribution in [2.45, 2.75) is 6.18 Å². The highest BCUT2D eigenvalue weighted by Gasteiger charge is 2.35. The topological polar surface area (TPSA) is 67.2 Å². The first kappa shape index (κ1) is 20.0. The van der Waals surface area contributed by atoms with Gasteiger partial charge >= 0.3 is 6.18 Å². The Morgan fingerprint density at radius 3 is 2.68 bits per heavy atom. The number of amides is 2. The number of hydrogen-bond donors (Lipinski definition) is 1. The second-order valence-corrected chi connectivity index (χ2v) is 7.26. The number of nitrogens with zero attached hydrogens (tertiary/aromatic N) is 3. The summed E-state index contributed by atoms with van der Waals surface area (Å²) < 4.78 is 39.6.